The maximum absolute atomic E-state index is 5.86. The van der Waals surface area contributed by atoms with Crippen LogP contribution in [0.1, 0.15) is 0 Å². The Morgan fingerprint density at radius 1 is 0.857 bits per heavy atom. The molecule has 74 valence electrons. The number of aromatic nitrogens is 3. The predicted octanol–water partition coefficient (Wildman–Crippen LogP) is 4.00. The summed E-state index contributed by atoms with van der Waals surface area (Å²) in [5.74, 6) is 0. The molecular formula is C6Cl5N3. The summed E-state index contributed by atoms with van der Waals surface area (Å²) in [6, 6.07) is 0. The van der Waals surface area contributed by atoms with Gasteiger partial charge in [0.05, 0.1) is 0 Å². The molecular weight excluding hydrogens is 291 g/mol. The molecule has 0 aliphatic rings. The molecule has 0 amide bonds. The van der Waals surface area contributed by atoms with Crippen molar-refractivity contribution in [2.45, 2.75) is 0 Å². The lowest BCUT2D eigenvalue weighted by molar-refractivity contribution is 0.937. The SMILES string of the molecule is Clc1nn2c(Cl)c(Cl)nc2c(Cl)c1Cl. The summed E-state index contributed by atoms with van der Waals surface area (Å²) >= 11 is 28.8. The summed E-state index contributed by atoms with van der Waals surface area (Å²) in [5.41, 5.74) is 0.274. The molecule has 2 aromatic rings. The zero-order chi connectivity index (χ0) is 10.5. The Balaban J connectivity index is 2.98. The standard InChI is InChI=1S/C6Cl5N3/c7-1-2(8)6-12-4(10)5(11)14(6)13-3(1)9. The first-order valence-electron chi connectivity index (χ1n) is 3.26. The van der Waals surface area contributed by atoms with E-state index in [4.69, 9.17) is 58.0 Å². The van der Waals surface area contributed by atoms with Crippen LogP contribution in [0.2, 0.25) is 25.5 Å². The van der Waals surface area contributed by atoms with E-state index in [1.165, 1.54) is 4.52 Å². The van der Waals surface area contributed by atoms with E-state index < -0.39 is 0 Å². The van der Waals surface area contributed by atoms with E-state index in [2.05, 4.69) is 10.1 Å². The van der Waals surface area contributed by atoms with Gasteiger partial charge in [0.2, 0.25) is 0 Å². The second-order valence-electron chi connectivity index (χ2n) is 2.35. The van der Waals surface area contributed by atoms with E-state index in [1.807, 2.05) is 0 Å². The zero-order valence-electron chi connectivity index (χ0n) is 6.23. The van der Waals surface area contributed by atoms with Gasteiger partial charge in [0.1, 0.15) is 10.0 Å². The topological polar surface area (TPSA) is 30.2 Å². The van der Waals surface area contributed by atoms with Gasteiger partial charge < -0.3 is 0 Å². The molecule has 0 radical (unpaired) electrons. The molecule has 0 unspecified atom stereocenters. The van der Waals surface area contributed by atoms with Crippen molar-refractivity contribution in [2.24, 2.45) is 0 Å². The van der Waals surface area contributed by atoms with Crippen LogP contribution in [0.15, 0.2) is 0 Å². The van der Waals surface area contributed by atoms with Crippen molar-refractivity contribution in [2.75, 3.05) is 0 Å². The van der Waals surface area contributed by atoms with Gasteiger partial charge in [-0.2, -0.15) is 9.61 Å². The quantitative estimate of drug-likeness (QED) is 0.734. The van der Waals surface area contributed by atoms with Crippen molar-refractivity contribution in [3.63, 3.8) is 0 Å². The lowest BCUT2D eigenvalue weighted by Gasteiger charge is -2.00. The third-order valence-corrected chi connectivity index (χ3v) is 3.40. The van der Waals surface area contributed by atoms with Gasteiger partial charge in [-0.3, -0.25) is 0 Å². The Bertz CT molecular complexity index is 520. The van der Waals surface area contributed by atoms with Crippen LogP contribution in [0.4, 0.5) is 0 Å². The Labute approximate surface area is 103 Å². The van der Waals surface area contributed by atoms with Gasteiger partial charge in [0.15, 0.2) is 21.1 Å². The summed E-state index contributed by atoms with van der Waals surface area (Å²) in [6.07, 6.45) is 0. The van der Waals surface area contributed by atoms with E-state index in [0.29, 0.717) is 0 Å². The smallest absolute Gasteiger partial charge is 0.177 e. The lowest BCUT2D eigenvalue weighted by atomic mass is 10.5. The van der Waals surface area contributed by atoms with Crippen molar-refractivity contribution in [1.82, 2.24) is 14.6 Å². The van der Waals surface area contributed by atoms with Gasteiger partial charge in [0, 0.05) is 0 Å². The highest BCUT2D eigenvalue weighted by molar-refractivity contribution is 6.49. The lowest BCUT2D eigenvalue weighted by Crippen LogP contribution is -1.94. The van der Waals surface area contributed by atoms with Gasteiger partial charge in [-0.15, -0.1) is 0 Å². The highest BCUT2D eigenvalue weighted by Gasteiger charge is 2.17. The summed E-state index contributed by atoms with van der Waals surface area (Å²) in [6.45, 7) is 0. The van der Waals surface area contributed by atoms with Gasteiger partial charge in [-0.05, 0) is 0 Å². The molecule has 2 rings (SSSR count). The summed E-state index contributed by atoms with van der Waals surface area (Å²) in [4.78, 5) is 3.87. The number of hydrogen-bond donors (Lipinski definition) is 0. The summed E-state index contributed by atoms with van der Waals surface area (Å²) in [5, 5.41) is 4.41. The van der Waals surface area contributed by atoms with E-state index >= 15 is 0 Å². The molecule has 0 bridgehead atoms. The highest BCUT2D eigenvalue weighted by atomic mass is 35.5. The molecule has 2 heterocycles. The molecule has 0 saturated carbocycles. The average Bonchev–Trinajstić information content (AvgIpc) is 2.42. The predicted molar refractivity (Wildman–Crippen MR) is 58.0 cm³/mol. The summed E-state index contributed by atoms with van der Waals surface area (Å²) in [7, 11) is 0. The first kappa shape index (κ1) is 10.6. The van der Waals surface area contributed by atoms with Crippen molar-refractivity contribution < 1.29 is 0 Å². The van der Waals surface area contributed by atoms with E-state index in [-0.39, 0.29) is 31.2 Å². The zero-order valence-corrected chi connectivity index (χ0v) is 10.0. The molecule has 2 aromatic heterocycles. The van der Waals surface area contributed by atoms with Crippen LogP contribution < -0.4 is 0 Å². The minimum absolute atomic E-state index is 0.0418. The van der Waals surface area contributed by atoms with E-state index in [9.17, 15) is 0 Å². The molecule has 0 spiro atoms. The molecule has 0 aliphatic carbocycles. The first-order valence-corrected chi connectivity index (χ1v) is 5.15. The fourth-order valence-corrected chi connectivity index (χ4v) is 1.79. The number of halogens is 5. The van der Waals surface area contributed by atoms with Crippen molar-refractivity contribution in [3.05, 3.63) is 25.5 Å². The van der Waals surface area contributed by atoms with Crippen LogP contribution in [0.5, 0.6) is 0 Å². The maximum Gasteiger partial charge on any atom is 0.177 e. The molecule has 0 fully saturated rings. The van der Waals surface area contributed by atoms with Gasteiger partial charge in [-0.25, -0.2) is 4.98 Å². The highest BCUT2D eigenvalue weighted by Crippen LogP contribution is 2.34. The second kappa shape index (κ2) is 3.58. The number of imidazole rings is 1. The number of hydrogen-bond acceptors (Lipinski definition) is 2. The van der Waals surface area contributed by atoms with Crippen LogP contribution in [0, 0.1) is 0 Å². The van der Waals surface area contributed by atoms with Crippen LogP contribution in [0.3, 0.4) is 0 Å². The van der Waals surface area contributed by atoms with Crippen LogP contribution in [-0.2, 0) is 0 Å². The number of rotatable bonds is 0. The van der Waals surface area contributed by atoms with Gasteiger partial charge in [0.25, 0.3) is 0 Å². The van der Waals surface area contributed by atoms with Crippen molar-refractivity contribution in [3.8, 4) is 0 Å². The van der Waals surface area contributed by atoms with Gasteiger partial charge >= 0.3 is 0 Å². The molecule has 8 heteroatoms. The third-order valence-electron chi connectivity index (χ3n) is 1.52. The normalized spacial score (nSPS) is 11.2. The fourth-order valence-electron chi connectivity index (χ4n) is 0.921. The molecule has 0 aliphatic heterocycles. The van der Waals surface area contributed by atoms with Crippen molar-refractivity contribution in [1.29, 1.82) is 0 Å². The average molecular weight is 291 g/mol. The molecule has 14 heavy (non-hydrogen) atoms. The minimum atomic E-state index is 0.0418. The van der Waals surface area contributed by atoms with Crippen LogP contribution >= 0.6 is 58.0 Å². The Morgan fingerprint density at radius 3 is 2.14 bits per heavy atom. The first-order chi connectivity index (χ1) is 6.52. The maximum atomic E-state index is 5.86. The molecule has 0 N–H and O–H groups in total. The Morgan fingerprint density at radius 2 is 1.50 bits per heavy atom. The Kier molecular flexibility index (Phi) is 2.70. The van der Waals surface area contributed by atoms with Crippen LogP contribution in [0.25, 0.3) is 5.65 Å². The number of nitrogens with zero attached hydrogens (tertiary/aromatic N) is 3. The largest absolute Gasteiger partial charge is 0.212 e. The molecule has 0 atom stereocenters. The monoisotopic (exact) mass is 289 g/mol. The number of fused-ring (bicyclic) bond motifs is 1. The fraction of sp³-hybridized carbons (Fsp3) is 0. The van der Waals surface area contributed by atoms with Gasteiger partial charge in [-0.1, -0.05) is 58.0 Å². The second-order valence-corrected chi connectivity index (χ2v) is 4.18. The molecule has 3 nitrogen and oxygen atoms in total. The Hall–Kier alpha value is 0.0700. The van der Waals surface area contributed by atoms with Crippen LogP contribution in [-0.4, -0.2) is 14.6 Å². The third kappa shape index (κ3) is 1.44. The molecule has 0 aromatic carbocycles. The van der Waals surface area contributed by atoms with E-state index in [0.717, 1.165) is 0 Å². The minimum Gasteiger partial charge on any atom is -0.212 e. The molecule has 0 saturated heterocycles. The summed E-state index contributed by atoms with van der Waals surface area (Å²) < 4.78 is 1.22. The van der Waals surface area contributed by atoms with Crippen molar-refractivity contribution >= 4 is 63.7 Å². The van der Waals surface area contributed by atoms with E-state index in [1.54, 1.807) is 0 Å².